The molecule has 7 heteroatoms. The number of carbonyl (C=O) groups is 1. The minimum atomic E-state index is -0.913. The van der Waals surface area contributed by atoms with Crippen LogP contribution in [0.25, 0.3) is 0 Å². The van der Waals surface area contributed by atoms with Gasteiger partial charge < -0.3 is 20.5 Å². The molecule has 0 radical (unpaired) electrons. The standard InChI is InChI=1S/C19H21BrN2O3S/c1-11-7-14(20)8-12(2)18(11)22-19(26)21-16(10-17(23)24)13-5-4-6-15(9-13)25-3/h4-9,16H,10H2,1-3H3,(H,23,24)(H2,21,22,26)/t16-/m1/s1. The molecule has 0 spiro atoms. The van der Waals surface area contributed by atoms with E-state index in [1.54, 1.807) is 13.2 Å². The predicted octanol–water partition coefficient (Wildman–Crippen LogP) is 4.58. The van der Waals surface area contributed by atoms with Gasteiger partial charge in [-0.15, -0.1) is 0 Å². The number of hydrogen-bond acceptors (Lipinski definition) is 3. The van der Waals surface area contributed by atoms with Crippen molar-refractivity contribution in [3.8, 4) is 5.75 Å². The van der Waals surface area contributed by atoms with E-state index in [1.165, 1.54) is 0 Å². The van der Waals surface area contributed by atoms with Gasteiger partial charge in [-0.2, -0.15) is 0 Å². The van der Waals surface area contributed by atoms with Crippen molar-refractivity contribution >= 4 is 44.9 Å². The van der Waals surface area contributed by atoms with Gasteiger partial charge in [0.1, 0.15) is 5.75 Å². The average molecular weight is 437 g/mol. The van der Waals surface area contributed by atoms with Crippen LogP contribution in [0, 0.1) is 13.8 Å². The highest BCUT2D eigenvalue weighted by atomic mass is 79.9. The lowest BCUT2D eigenvalue weighted by Crippen LogP contribution is -2.34. The van der Waals surface area contributed by atoms with Gasteiger partial charge in [-0.1, -0.05) is 28.1 Å². The minimum Gasteiger partial charge on any atom is -0.497 e. The summed E-state index contributed by atoms with van der Waals surface area (Å²) in [6.07, 6.45) is -0.104. The first-order valence-electron chi connectivity index (χ1n) is 8.00. The number of anilines is 1. The van der Waals surface area contributed by atoms with Crippen molar-refractivity contribution in [1.29, 1.82) is 0 Å². The minimum absolute atomic E-state index is 0.104. The van der Waals surface area contributed by atoms with Crippen molar-refractivity contribution < 1.29 is 14.6 Å². The molecular formula is C19H21BrN2O3S. The van der Waals surface area contributed by atoms with Crippen molar-refractivity contribution in [3.05, 3.63) is 57.6 Å². The van der Waals surface area contributed by atoms with E-state index in [0.717, 1.165) is 26.9 Å². The second-order valence-electron chi connectivity index (χ2n) is 5.94. The van der Waals surface area contributed by atoms with Gasteiger partial charge in [-0.05, 0) is 67.0 Å². The lowest BCUT2D eigenvalue weighted by atomic mass is 10.0. The third-order valence-corrected chi connectivity index (χ3v) is 4.59. The number of nitrogens with one attached hydrogen (secondary N) is 2. The fourth-order valence-corrected chi connectivity index (χ4v) is 3.63. The van der Waals surface area contributed by atoms with Crippen molar-refractivity contribution in [1.82, 2.24) is 5.32 Å². The molecule has 2 aromatic rings. The molecule has 0 heterocycles. The molecule has 0 saturated heterocycles. The number of methoxy groups -OCH3 is 1. The molecule has 0 amide bonds. The van der Waals surface area contributed by atoms with Crippen LogP contribution in [-0.2, 0) is 4.79 Å². The van der Waals surface area contributed by atoms with Gasteiger partial charge >= 0.3 is 5.97 Å². The Labute approximate surface area is 166 Å². The average Bonchev–Trinajstić information content (AvgIpc) is 2.57. The van der Waals surface area contributed by atoms with E-state index in [2.05, 4.69) is 26.6 Å². The highest BCUT2D eigenvalue weighted by Gasteiger charge is 2.18. The number of ether oxygens (including phenoxy) is 1. The second kappa shape index (κ2) is 9.00. The summed E-state index contributed by atoms with van der Waals surface area (Å²) in [5.41, 5.74) is 3.78. The van der Waals surface area contributed by atoms with Crippen LogP contribution in [0.4, 0.5) is 5.69 Å². The van der Waals surface area contributed by atoms with Gasteiger partial charge in [0.2, 0.25) is 0 Å². The van der Waals surface area contributed by atoms with Crippen LogP contribution in [0.2, 0.25) is 0 Å². The van der Waals surface area contributed by atoms with Crippen LogP contribution in [-0.4, -0.2) is 23.3 Å². The topological polar surface area (TPSA) is 70.6 Å². The van der Waals surface area contributed by atoms with E-state index in [1.807, 2.05) is 44.2 Å². The van der Waals surface area contributed by atoms with Crippen molar-refractivity contribution in [2.75, 3.05) is 12.4 Å². The number of halogens is 1. The Balaban J connectivity index is 2.20. The fraction of sp³-hybridized carbons (Fsp3) is 0.263. The Morgan fingerprint density at radius 1 is 1.27 bits per heavy atom. The summed E-state index contributed by atoms with van der Waals surface area (Å²) in [5.74, 6) is -0.248. The van der Waals surface area contributed by atoms with E-state index >= 15 is 0 Å². The number of rotatable bonds is 6. The van der Waals surface area contributed by atoms with Crippen LogP contribution >= 0.6 is 28.1 Å². The second-order valence-corrected chi connectivity index (χ2v) is 7.26. The summed E-state index contributed by atoms with van der Waals surface area (Å²) in [5, 5.41) is 15.9. The number of benzene rings is 2. The fourth-order valence-electron chi connectivity index (χ4n) is 2.70. The number of thiocarbonyl (C=S) groups is 1. The smallest absolute Gasteiger partial charge is 0.305 e. The first-order chi connectivity index (χ1) is 12.3. The zero-order chi connectivity index (χ0) is 19.3. The summed E-state index contributed by atoms with van der Waals surface area (Å²) in [6.45, 7) is 3.97. The summed E-state index contributed by atoms with van der Waals surface area (Å²) in [4.78, 5) is 11.3. The molecule has 2 rings (SSSR count). The molecule has 26 heavy (non-hydrogen) atoms. The molecule has 3 N–H and O–H groups in total. The maximum atomic E-state index is 11.3. The van der Waals surface area contributed by atoms with Crippen molar-refractivity contribution in [2.24, 2.45) is 0 Å². The number of aliphatic carboxylic acids is 1. The molecule has 0 aromatic heterocycles. The molecular weight excluding hydrogens is 416 g/mol. The lowest BCUT2D eigenvalue weighted by Gasteiger charge is -2.22. The summed E-state index contributed by atoms with van der Waals surface area (Å²) >= 11 is 8.89. The Hall–Kier alpha value is -2.12. The monoisotopic (exact) mass is 436 g/mol. The molecule has 0 fully saturated rings. The molecule has 0 aliphatic rings. The number of carboxylic acid groups (broad SMARTS) is 1. The predicted molar refractivity (Wildman–Crippen MR) is 111 cm³/mol. The van der Waals surface area contributed by atoms with Crippen LogP contribution in [0.15, 0.2) is 40.9 Å². The summed E-state index contributed by atoms with van der Waals surface area (Å²) < 4.78 is 6.22. The Bertz CT molecular complexity index is 803. The SMILES string of the molecule is COc1cccc([C@@H](CC(=O)O)NC(=S)Nc2c(C)cc(Br)cc2C)c1. The highest BCUT2D eigenvalue weighted by Crippen LogP contribution is 2.26. The first-order valence-corrected chi connectivity index (χ1v) is 9.20. The van der Waals surface area contributed by atoms with Gasteiger partial charge in [0.15, 0.2) is 5.11 Å². The molecule has 1 atom stereocenters. The van der Waals surface area contributed by atoms with Gasteiger partial charge in [0, 0.05) is 10.2 Å². The molecule has 138 valence electrons. The highest BCUT2D eigenvalue weighted by molar-refractivity contribution is 9.10. The maximum absolute atomic E-state index is 11.3. The van der Waals surface area contributed by atoms with Crippen LogP contribution < -0.4 is 15.4 Å². The van der Waals surface area contributed by atoms with Crippen LogP contribution in [0.5, 0.6) is 5.75 Å². The van der Waals surface area contributed by atoms with Gasteiger partial charge in [-0.3, -0.25) is 4.79 Å². The molecule has 2 aromatic carbocycles. The molecule has 0 aliphatic heterocycles. The largest absolute Gasteiger partial charge is 0.497 e. The number of aryl methyl sites for hydroxylation is 2. The first kappa shape index (κ1) is 20.2. The van der Waals surface area contributed by atoms with Gasteiger partial charge in [-0.25, -0.2) is 0 Å². The van der Waals surface area contributed by atoms with E-state index in [0.29, 0.717) is 10.9 Å². The normalized spacial score (nSPS) is 11.5. The molecule has 0 aliphatic carbocycles. The quantitative estimate of drug-likeness (QED) is 0.575. The zero-order valence-electron chi connectivity index (χ0n) is 14.8. The van der Waals surface area contributed by atoms with Crippen LogP contribution in [0.3, 0.4) is 0 Å². The lowest BCUT2D eigenvalue weighted by molar-refractivity contribution is -0.137. The third kappa shape index (κ3) is 5.44. The number of hydrogen-bond donors (Lipinski definition) is 3. The van der Waals surface area contributed by atoms with Crippen molar-refractivity contribution in [3.63, 3.8) is 0 Å². The zero-order valence-corrected chi connectivity index (χ0v) is 17.2. The van der Waals surface area contributed by atoms with E-state index in [4.69, 9.17) is 17.0 Å². The van der Waals surface area contributed by atoms with Crippen molar-refractivity contribution in [2.45, 2.75) is 26.3 Å². The maximum Gasteiger partial charge on any atom is 0.305 e. The molecule has 5 nitrogen and oxygen atoms in total. The third-order valence-electron chi connectivity index (χ3n) is 3.92. The number of carboxylic acids is 1. The Morgan fingerprint density at radius 2 is 1.92 bits per heavy atom. The van der Waals surface area contributed by atoms with Gasteiger partial charge in [0.05, 0.1) is 19.6 Å². The molecule has 0 saturated carbocycles. The van der Waals surface area contributed by atoms with E-state index in [-0.39, 0.29) is 6.42 Å². The summed E-state index contributed by atoms with van der Waals surface area (Å²) in [6, 6.07) is 10.8. The summed E-state index contributed by atoms with van der Waals surface area (Å²) in [7, 11) is 1.57. The van der Waals surface area contributed by atoms with E-state index in [9.17, 15) is 9.90 Å². The Morgan fingerprint density at radius 3 is 2.50 bits per heavy atom. The molecule has 0 bridgehead atoms. The van der Waals surface area contributed by atoms with Crippen LogP contribution in [0.1, 0.15) is 29.2 Å². The van der Waals surface area contributed by atoms with E-state index < -0.39 is 12.0 Å². The Kier molecular flexibility index (Phi) is 6.99. The molecule has 0 unspecified atom stereocenters. The van der Waals surface area contributed by atoms with Gasteiger partial charge in [0.25, 0.3) is 0 Å².